The number of rotatable bonds is 4. The molecule has 2 aromatic carbocycles. The van der Waals surface area contributed by atoms with Crippen molar-refractivity contribution in [2.75, 3.05) is 0 Å². The van der Waals surface area contributed by atoms with Gasteiger partial charge in [0, 0.05) is 24.5 Å². The second-order valence-corrected chi connectivity index (χ2v) is 6.25. The molecule has 25 heavy (non-hydrogen) atoms. The maximum absolute atomic E-state index is 12.4. The van der Waals surface area contributed by atoms with E-state index in [1.807, 2.05) is 0 Å². The van der Waals surface area contributed by atoms with Gasteiger partial charge in [0.2, 0.25) is 0 Å². The summed E-state index contributed by atoms with van der Waals surface area (Å²) in [6.45, 7) is 0.332. The van der Waals surface area contributed by atoms with Crippen LogP contribution in [0.15, 0.2) is 60.9 Å². The van der Waals surface area contributed by atoms with E-state index >= 15 is 0 Å². The fraction of sp³-hybridized carbons (Fsp3) is 0.0526. The van der Waals surface area contributed by atoms with Crippen LogP contribution in [0.1, 0.15) is 15.9 Å². The molecule has 0 radical (unpaired) electrons. The van der Waals surface area contributed by atoms with Crippen molar-refractivity contribution >= 4 is 29.1 Å². The van der Waals surface area contributed by atoms with Crippen LogP contribution >= 0.6 is 23.2 Å². The number of carbonyl (C=O) groups excluding carboxylic acids is 1. The van der Waals surface area contributed by atoms with E-state index in [4.69, 9.17) is 23.2 Å². The van der Waals surface area contributed by atoms with Gasteiger partial charge in [0.1, 0.15) is 5.75 Å². The third-order valence-corrected chi connectivity index (χ3v) is 4.38. The summed E-state index contributed by atoms with van der Waals surface area (Å²) in [5.41, 5.74) is 2.96. The summed E-state index contributed by atoms with van der Waals surface area (Å²) in [6, 6.07) is 13.7. The zero-order chi connectivity index (χ0) is 17.8. The fourth-order valence-corrected chi connectivity index (χ4v) is 2.63. The molecular formula is C19H14Cl2N2O2. The van der Waals surface area contributed by atoms with E-state index in [0.29, 0.717) is 22.2 Å². The van der Waals surface area contributed by atoms with Gasteiger partial charge in [0.25, 0.3) is 5.91 Å². The summed E-state index contributed by atoms with van der Waals surface area (Å²) in [5.74, 6) is -0.0496. The van der Waals surface area contributed by atoms with E-state index in [1.54, 1.807) is 54.7 Å². The normalized spacial score (nSPS) is 10.5. The predicted molar refractivity (Wildman–Crippen MR) is 99.0 cm³/mol. The third-order valence-electron chi connectivity index (χ3n) is 3.64. The van der Waals surface area contributed by atoms with E-state index in [1.165, 1.54) is 6.20 Å². The van der Waals surface area contributed by atoms with Gasteiger partial charge in [-0.15, -0.1) is 0 Å². The molecule has 0 aliphatic rings. The minimum Gasteiger partial charge on any atom is -0.508 e. The van der Waals surface area contributed by atoms with E-state index < -0.39 is 0 Å². The molecule has 1 amide bonds. The van der Waals surface area contributed by atoms with Gasteiger partial charge in [-0.05, 0) is 41.5 Å². The molecule has 2 N–H and O–H groups in total. The molecule has 0 saturated carbocycles. The summed E-state index contributed by atoms with van der Waals surface area (Å²) in [6.07, 6.45) is 3.18. The van der Waals surface area contributed by atoms with Gasteiger partial charge in [-0.1, -0.05) is 41.4 Å². The highest BCUT2D eigenvalue weighted by molar-refractivity contribution is 6.42. The van der Waals surface area contributed by atoms with Crippen molar-refractivity contribution in [3.63, 3.8) is 0 Å². The van der Waals surface area contributed by atoms with Crippen molar-refractivity contribution in [3.8, 4) is 16.9 Å². The van der Waals surface area contributed by atoms with Crippen LogP contribution in [0.5, 0.6) is 5.75 Å². The molecule has 0 atom stereocenters. The Morgan fingerprint density at radius 3 is 2.44 bits per heavy atom. The maximum Gasteiger partial charge on any atom is 0.253 e. The van der Waals surface area contributed by atoms with Gasteiger partial charge in [-0.2, -0.15) is 0 Å². The lowest BCUT2D eigenvalue weighted by Gasteiger charge is -2.08. The summed E-state index contributed by atoms with van der Waals surface area (Å²) in [5, 5.41) is 13.1. The average Bonchev–Trinajstić information content (AvgIpc) is 2.63. The quantitative estimate of drug-likeness (QED) is 0.697. The summed E-state index contributed by atoms with van der Waals surface area (Å²) in [4.78, 5) is 16.5. The number of nitrogens with one attached hydrogen (secondary N) is 1. The molecule has 4 nitrogen and oxygen atoms in total. The van der Waals surface area contributed by atoms with Crippen molar-refractivity contribution in [2.45, 2.75) is 6.54 Å². The van der Waals surface area contributed by atoms with Crippen LogP contribution in [-0.2, 0) is 6.54 Å². The first kappa shape index (κ1) is 17.3. The Labute approximate surface area is 155 Å². The minimum atomic E-state index is -0.237. The third kappa shape index (κ3) is 4.29. The number of aromatic nitrogens is 1. The number of aromatic hydroxyl groups is 1. The summed E-state index contributed by atoms with van der Waals surface area (Å²) < 4.78 is 0. The molecule has 0 aliphatic carbocycles. The first-order chi connectivity index (χ1) is 12.0. The zero-order valence-corrected chi connectivity index (χ0v) is 14.6. The van der Waals surface area contributed by atoms with Crippen LogP contribution in [0.3, 0.4) is 0 Å². The molecule has 0 aliphatic heterocycles. The van der Waals surface area contributed by atoms with E-state index in [-0.39, 0.29) is 11.7 Å². The van der Waals surface area contributed by atoms with Crippen LogP contribution in [-0.4, -0.2) is 16.0 Å². The Hall–Kier alpha value is -2.56. The Balaban J connectivity index is 1.72. The summed E-state index contributed by atoms with van der Waals surface area (Å²) in [7, 11) is 0. The zero-order valence-electron chi connectivity index (χ0n) is 13.0. The number of phenols is 1. The molecular weight excluding hydrogens is 359 g/mol. The number of hydrogen-bond acceptors (Lipinski definition) is 3. The Bertz CT molecular complexity index is 912. The number of nitrogens with zero attached hydrogens (tertiary/aromatic N) is 1. The van der Waals surface area contributed by atoms with E-state index in [9.17, 15) is 9.90 Å². The Morgan fingerprint density at radius 2 is 1.72 bits per heavy atom. The second-order valence-electron chi connectivity index (χ2n) is 5.44. The van der Waals surface area contributed by atoms with Crippen molar-refractivity contribution < 1.29 is 9.90 Å². The average molecular weight is 373 g/mol. The van der Waals surface area contributed by atoms with Crippen LogP contribution in [0, 0.1) is 0 Å². The molecule has 0 bridgehead atoms. The molecule has 0 spiro atoms. The van der Waals surface area contributed by atoms with Crippen LogP contribution in [0.2, 0.25) is 10.0 Å². The highest BCUT2D eigenvalue weighted by Gasteiger charge is 2.09. The molecule has 3 aromatic rings. The lowest BCUT2D eigenvalue weighted by Crippen LogP contribution is -2.22. The highest BCUT2D eigenvalue weighted by atomic mass is 35.5. The van der Waals surface area contributed by atoms with Gasteiger partial charge < -0.3 is 10.4 Å². The van der Waals surface area contributed by atoms with E-state index in [2.05, 4.69) is 10.3 Å². The molecule has 126 valence electrons. The molecule has 0 saturated heterocycles. The van der Waals surface area contributed by atoms with Crippen LogP contribution in [0.25, 0.3) is 11.1 Å². The monoisotopic (exact) mass is 372 g/mol. The molecule has 1 aromatic heterocycles. The maximum atomic E-state index is 12.4. The lowest BCUT2D eigenvalue weighted by atomic mass is 10.1. The topological polar surface area (TPSA) is 62.2 Å². The minimum absolute atomic E-state index is 0.187. The van der Waals surface area contributed by atoms with Gasteiger partial charge >= 0.3 is 0 Å². The number of amides is 1. The predicted octanol–water partition coefficient (Wildman–Crippen LogP) is 4.69. The molecule has 3 rings (SSSR count). The van der Waals surface area contributed by atoms with Crippen LogP contribution in [0.4, 0.5) is 0 Å². The standard InChI is InChI=1S/C19H14Cl2N2O2/c20-17-6-1-12(7-18(17)21)9-23-19(25)15-8-14(10-22-11-15)13-2-4-16(24)5-3-13/h1-8,10-11,24H,9H2,(H,23,25). The number of benzene rings is 2. The second kappa shape index (κ2) is 7.55. The van der Waals surface area contributed by atoms with Gasteiger partial charge in [-0.25, -0.2) is 0 Å². The van der Waals surface area contributed by atoms with Crippen molar-refractivity contribution in [3.05, 3.63) is 82.1 Å². The van der Waals surface area contributed by atoms with E-state index in [0.717, 1.165) is 16.7 Å². The van der Waals surface area contributed by atoms with Crippen molar-refractivity contribution in [1.29, 1.82) is 0 Å². The van der Waals surface area contributed by atoms with Crippen molar-refractivity contribution in [1.82, 2.24) is 10.3 Å². The van der Waals surface area contributed by atoms with Gasteiger partial charge in [0.05, 0.1) is 15.6 Å². The first-order valence-electron chi connectivity index (χ1n) is 7.49. The number of carbonyl (C=O) groups is 1. The molecule has 0 unspecified atom stereocenters. The number of hydrogen-bond donors (Lipinski definition) is 2. The Morgan fingerprint density at radius 1 is 0.960 bits per heavy atom. The fourth-order valence-electron chi connectivity index (χ4n) is 2.31. The van der Waals surface area contributed by atoms with Crippen molar-refractivity contribution in [2.24, 2.45) is 0 Å². The number of pyridine rings is 1. The van der Waals surface area contributed by atoms with Gasteiger partial charge in [0.15, 0.2) is 0 Å². The Kier molecular flexibility index (Phi) is 5.22. The van der Waals surface area contributed by atoms with Crippen LogP contribution < -0.4 is 5.32 Å². The largest absolute Gasteiger partial charge is 0.508 e. The highest BCUT2D eigenvalue weighted by Crippen LogP contribution is 2.23. The SMILES string of the molecule is O=C(NCc1ccc(Cl)c(Cl)c1)c1cncc(-c2ccc(O)cc2)c1. The summed E-state index contributed by atoms with van der Waals surface area (Å²) >= 11 is 11.9. The molecule has 0 fully saturated rings. The van der Waals surface area contributed by atoms with Gasteiger partial charge in [-0.3, -0.25) is 9.78 Å². The smallest absolute Gasteiger partial charge is 0.253 e. The molecule has 6 heteroatoms. The first-order valence-corrected chi connectivity index (χ1v) is 8.25. The molecule has 1 heterocycles. The lowest BCUT2D eigenvalue weighted by molar-refractivity contribution is 0.0950. The number of phenolic OH excluding ortho intramolecular Hbond substituents is 1. The number of halogens is 2.